The van der Waals surface area contributed by atoms with E-state index in [4.69, 9.17) is 4.74 Å². The third kappa shape index (κ3) is 3.87. The Morgan fingerprint density at radius 1 is 1.22 bits per heavy atom. The van der Waals surface area contributed by atoms with Crippen molar-refractivity contribution in [2.75, 3.05) is 14.2 Å². The Bertz CT molecular complexity index is 848. The van der Waals surface area contributed by atoms with E-state index in [-0.39, 0.29) is 17.7 Å². The highest BCUT2D eigenvalue weighted by Gasteiger charge is 2.49. The van der Waals surface area contributed by atoms with Crippen LogP contribution in [-0.2, 0) is 9.59 Å². The van der Waals surface area contributed by atoms with Gasteiger partial charge in [-0.1, -0.05) is 54.6 Å². The molecule has 0 spiro atoms. The second-order valence-electron chi connectivity index (χ2n) is 6.62. The number of methoxy groups -OCH3 is 1. The van der Waals surface area contributed by atoms with Crippen molar-refractivity contribution in [2.24, 2.45) is 0 Å². The zero-order valence-electron chi connectivity index (χ0n) is 15.6. The van der Waals surface area contributed by atoms with Crippen LogP contribution >= 0.6 is 0 Å². The number of likely N-dealkylation sites (N-methyl/N-ethyl adjacent to an activating group) is 1. The number of nitrogens with one attached hydrogen (secondary N) is 2. The van der Waals surface area contributed by atoms with Gasteiger partial charge in [0.05, 0.1) is 7.11 Å². The molecule has 1 fully saturated rings. The zero-order valence-corrected chi connectivity index (χ0v) is 15.6. The summed E-state index contributed by atoms with van der Waals surface area (Å²) in [6, 6.07) is 17.5. The molecular formula is C22H24N2O3. The first-order valence-corrected chi connectivity index (χ1v) is 8.99. The van der Waals surface area contributed by atoms with E-state index in [1.165, 1.54) is 0 Å². The van der Waals surface area contributed by atoms with E-state index in [1.807, 2.05) is 66.7 Å². The van der Waals surface area contributed by atoms with E-state index < -0.39 is 5.54 Å². The molecule has 0 bridgehead atoms. The van der Waals surface area contributed by atoms with Gasteiger partial charge in [-0.05, 0) is 29.7 Å². The minimum atomic E-state index is -1.02. The number of ether oxygens (including phenoxy) is 1. The summed E-state index contributed by atoms with van der Waals surface area (Å²) >= 11 is 0. The maximum absolute atomic E-state index is 12.9. The molecule has 2 atom stereocenters. The summed E-state index contributed by atoms with van der Waals surface area (Å²) in [6.07, 6.45) is 4.74. The molecule has 0 unspecified atom stereocenters. The molecule has 1 heterocycles. The van der Waals surface area contributed by atoms with Gasteiger partial charge in [0.25, 0.3) is 0 Å². The summed E-state index contributed by atoms with van der Waals surface area (Å²) in [5.74, 6) is 0.0692. The average molecular weight is 364 g/mol. The van der Waals surface area contributed by atoms with E-state index >= 15 is 0 Å². The average Bonchev–Trinajstić information content (AvgIpc) is 3.11. The van der Waals surface area contributed by atoms with Crippen molar-refractivity contribution in [1.82, 2.24) is 10.6 Å². The number of amides is 2. The fourth-order valence-corrected chi connectivity index (χ4v) is 3.62. The number of hydrogen-bond donors (Lipinski definition) is 2. The summed E-state index contributed by atoms with van der Waals surface area (Å²) in [5.41, 5.74) is 0.915. The standard InChI is InChI=1S/C22H24N2O3/c1-23-21(26)22(14-13-20(25)24-22)19(12-11-16-7-4-3-5-8-16)17-9-6-10-18(15-17)27-2/h3-12,15,19H,13-14H2,1-2H3,(H,23,26)(H,24,25)/b12-11-/t19-,22+/m1/s1. The van der Waals surface area contributed by atoms with Crippen LogP contribution in [0.4, 0.5) is 0 Å². The highest BCUT2D eigenvalue weighted by molar-refractivity contribution is 5.96. The Kier molecular flexibility index (Phi) is 5.60. The largest absolute Gasteiger partial charge is 0.497 e. The topological polar surface area (TPSA) is 67.4 Å². The normalized spacial score (nSPS) is 20.3. The smallest absolute Gasteiger partial charge is 0.246 e. The van der Waals surface area contributed by atoms with Gasteiger partial charge < -0.3 is 15.4 Å². The van der Waals surface area contributed by atoms with Crippen molar-refractivity contribution in [3.05, 3.63) is 71.8 Å². The molecule has 1 aliphatic rings. The Morgan fingerprint density at radius 3 is 2.63 bits per heavy atom. The van der Waals surface area contributed by atoms with Gasteiger partial charge in [0.15, 0.2) is 0 Å². The van der Waals surface area contributed by atoms with E-state index in [0.29, 0.717) is 18.6 Å². The van der Waals surface area contributed by atoms with Crippen LogP contribution in [0.1, 0.15) is 29.9 Å². The van der Waals surface area contributed by atoms with Crippen LogP contribution in [0.15, 0.2) is 60.7 Å². The maximum Gasteiger partial charge on any atom is 0.246 e. The molecule has 5 nitrogen and oxygen atoms in total. The fourth-order valence-electron chi connectivity index (χ4n) is 3.62. The summed E-state index contributed by atoms with van der Waals surface area (Å²) in [7, 11) is 3.21. The van der Waals surface area contributed by atoms with Crippen LogP contribution in [0.25, 0.3) is 6.08 Å². The van der Waals surface area contributed by atoms with Gasteiger partial charge in [-0.25, -0.2) is 0 Å². The number of carbonyl (C=O) groups is 2. The van der Waals surface area contributed by atoms with Crippen LogP contribution in [0, 0.1) is 0 Å². The molecule has 0 saturated carbocycles. The molecule has 2 aromatic rings. The van der Waals surface area contributed by atoms with Crippen molar-refractivity contribution in [3.63, 3.8) is 0 Å². The van der Waals surface area contributed by atoms with Crippen LogP contribution in [0.5, 0.6) is 5.75 Å². The number of benzene rings is 2. The Balaban J connectivity index is 2.09. The molecule has 27 heavy (non-hydrogen) atoms. The van der Waals surface area contributed by atoms with Gasteiger partial charge >= 0.3 is 0 Å². The number of hydrogen-bond acceptors (Lipinski definition) is 3. The lowest BCUT2D eigenvalue weighted by Gasteiger charge is -2.34. The van der Waals surface area contributed by atoms with Gasteiger partial charge in [-0.3, -0.25) is 9.59 Å². The predicted octanol–water partition coefficient (Wildman–Crippen LogP) is 2.89. The molecule has 0 aromatic heterocycles. The minimum Gasteiger partial charge on any atom is -0.497 e. The van der Waals surface area contributed by atoms with Gasteiger partial charge in [0.2, 0.25) is 11.8 Å². The first-order valence-electron chi connectivity index (χ1n) is 8.99. The SMILES string of the molecule is CNC(=O)[C@@]1([C@H](/C=C\c2ccccc2)c2cccc(OC)c2)CCC(=O)N1. The number of rotatable bonds is 6. The summed E-state index contributed by atoms with van der Waals surface area (Å²) in [6.45, 7) is 0. The zero-order chi connectivity index (χ0) is 19.3. The van der Waals surface area contributed by atoms with E-state index in [0.717, 1.165) is 11.1 Å². The van der Waals surface area contributed by atoms with Crippen molar-refractivity contribution >= 4 is 17.9 Å². The van der Waals surface area contributed by atoms with Gasteiger partial charge in [0, 0.05) is 19.4 Å². The van der Waals surface area contributed by atoms with E-state index in [1.54, 1.807) is 14.2 Å². The molecule has 2 aromatic carbocycles. The molecule has 5 heteroatoms. The molecule has 1 aliphatic heterocycles. The maximum atomic E-state index is 12.9. The first kappa shape index (κ1) is 18.7. The highest BCUT2D eigenvalue weighted by atomic mass is 16.5. The minimum absolute atomic E-state index is 0.111. The van der Waals surface area contributed by atoms with Crippen LogP contribution in [-0.4, -0.2) is 31.5 Å². The molecule has 0 radical (unpaired) electrons. The van der Waals surface area contributed by atoms with Crippen LogP contribution in [0.2, 0.25) is 0 Å². The van der Waals surface area contributed by atoms with Crippen LogP contribution < -0.4 is 15.4 Å². The fraction of sp³-hybridized carbons (Fsp3) is 0.273. The molecular weight excluding hydrogens is 340 g/mol. The second-order valence-corrected chi connectivity index (χ2v) is 6.62. The number of carbonyl (C=O) groups excluding carboxylic acids is 2. The molecule has 1 saturated heterocycles. The lowest BCUT2D eigenvalue weighted by Crippen LogP contribution is -2.57. The molecule has 140 valence electrons. The summed E-state index contributed by atoms with van der Waals surface area (Å²) in [5, 5.41) is 5.67. The van der Waals surface area contributed by atoms with Gasteiger partial charge in [0.1, 0.15) is 11.3 Å². The monoisotopic (exact) mass is 364 g/mol. The van der Waals surface area contributed by atoms with E-state index in [2.05, 4.69) is 10.6 Å². The second kappa shape index (κ2) is 8.08. The Morgan fingerprint density at radius 2 is 2.00 bits per heavy atom. The van der Waals surface area contributed by atoms with Crippen LogP contribution in [0.3, 0.4) is 0 Å². The summed E-state index contributed by atoms with van der Waals surface area (Å²) < 4.78 is 5.36. The third-order valence-electron chi connectivity index (χ3n) is 5.01. The molecule has 2 N–H and O–H groups in total. The third-order valence-corrected chi connectivity index (χ3v) is 5.01. The van der Waals surface area contributed by atoms with Crippen molar-refractivity contribution < 1.29 is 14.3 Å². The first-order chi connectivity index (χ1) is 13.1. The van der Waals surface area contributed by atoms with Gasteiger partial charge in [-0.2, -0.15) is 0 Å². The Hall–Kier alpha value is -3.08. The molecule has 2 amide bonds. The quantitative estimate of drug-likeness (QED) is 0.828. The molecule has 3 rings (SSSR count). The Labute approximate surface area is 159 Å². The summed E-state index contributed by atoms with van der Waals surface area (Å²) in [4.78, 5) is 24.9. The van der Waals surface area contributed by atoms with Crippen molar-refractivity contribution in [1.29, 1.82) is 0 Å². The van der Waals surface area contributed by atoms with Gasteiger partial charge in [-0.15, -0.1) is 0 Å². The lowest BCUT2D eigenvalue weighted by atomic mass is 9.76. The highest BCUT2D eigenvalue weighted by Crippen LogP contribution is 2.38. The van der Waals surface area contributed by atoms with Crippen molar-refractivity contribution in [2.45, 2.75) is 24.3 Å². The van der Waals surface area contributed by atoms with Crippen molar-refractivity contribution in [3.8, 4) is 5.75 Å². The van der Waals surface area contributed by atoms with E-state index in [9.17, 15) is 9.59 Å². The predicted molar refractivity (Wildman–Crippen MR) is 105 cm³/mol. The molecule has 0 aliphatic carbocycles. The lowest BCUT2D eigenvalue weighted by molar-refractivity contribution is -0.130.